The molecule has 6 nitrogen and oxygen atoms in total. The Morgan fingerprint density at radius 1 is 1.62 bits per heavy atom. The maximum atomic E-state index is 11.4. The fraction of sp³-hybridized carbons (Fsp3) is 0.700. The number of aliphatic hydroxyl groups excluding tert-OH is 1. The molecule has 0 saturated carbocycles. The molecule has 0 bridgehead atoms. The molecule has 0 spiro atoms. The molecule has 0 aromatic carbocycles. The third-order valence-electron chi connectivity index (χ3n) is 2.21. The molecule has 1 atom stereocenters. The summed E-state index contributed by atoms with van der Waals surface area (Å²) in [7, 11) is 0. The van der Waals surface area contributed by atoms with Crippen LogP contribution in [0, 0.1) is 6.92 Å². The van der Waals surface area contributed by atoms with E-state index in [0.29, 0.717) is 24.6 Å². The van der Waals surface area contributed by atoms with Gasteiger partial charge in [0.25, 0.3) is 0 Å². The molecule has 0 fully saturated rings. The predicted octanol–water partition coefficient (Wildman–Crippen LogP) is 0.198. The van der Waals surface area contributed by atoms with Gasteiger partial charge in [-0.15, -0.1) is 0 Å². The number of carbonyl (C=O) groups excluding carboxylic acids is 1. The van der Waals surface area contributed by atoms with Crippen LogP contribution in [0.25, 0.3) is 0 Å². The van der Waals surface area contributed by atoms with E-state index in [-0.39, 0.29) is 25.0 Å². The zero-order valence-corrected chi connectivity index (χ0v) is 9.56. The van der Waals surface area contributed by atoms with Gasteiger partial charge >= 0.3 is 0 Å². The van der Waals surface area contributed by atoms with Crippen LogP contribution in [0.4, 0.5) is 0 Å². The Kier molecular flexibility index (Phi) is 4.91. The smallest absolute Gasteiger partial charge is 0.227 e. The number of nitrogens with zero attached hydrogens (tertiary/aromatic N) is 2. The number of rotatable bonds is 6. The van der Waals surface area contributed by atoms with Gasteiger partial charge < -0.3 is 14.9 Å². The highest BCUT2D eigenvalue weighted by molar-refractivity contribution is 5.76. The first-order valence-corrected chi connectivity index (χ1v) is 5.35. The second-order valence-electron chi connectivity index (χ2n) is 3.59. The third kappa shape index (κ3) is 3.98. The molecular weight excluding hydrogens is 210 g/mol. The van der Waals surface area contributed by atoms with Crippen LogP contribution >= 0.6 is 0 Å². The quantitative estimate of drug-likeness (QED) is 0.724. The summed E-state index contributed by atoms with van der Waals surface area (Å²) in [6.07, 6.45) is 1.43. The standard InChI is InChI=1S/C10H17N3O3/c1-3-8(6-14)12-9(15)4-5-10-11-7(2)13-16-10/h8,14H,3-6H2,1-2H3,(H,12,15). The van der Waals surface area contributed by atoms with Crippen molar-refractivity contribution >= 4 is 5.91 Å². The molecule has 16 heavy (non-hydrogen) atoms. The van der Waals surface area contributed by atoms with E-state index in [4.69, 9.17) is 9.63 Å². The van der Waals surface area contributed by atoms with Crippen molar-refractivity contribution in [1.82, 2.24) is 15.5 Å². The number of nitrogens with one attached hydrogen (secondary N) is 1. The maximum Gasteiger partial charge on any atom is 0.227 e. The van der Waals surface area contributed by atoms with Gasteiger partial charge in [0.05, 0.1) is 12.6 Å². The van der Waals surface area contributed by atoms with Gasteiger partial charge in [0.1, 0.15) is 0 Å². The van der Waals surface area contributed by atoms with E-state index in [2.05, 4.69) is 15.5 Å². The van der Waals surface area contributed by atoms with Gasteiger partial charge in [-0.25, -0.2) is 0 Å². The monoisotopic (exact) mass is 227 g/mol. The Hall–Kier alpha value is -1.43. The molecule has 2 N–H and O–H groups in total. The van der Waals surface area contributed by atoms with E-state index in [1.54, 1.807) is 6.92 Å². The van der Waals surface area contributed by atoms with Crippen LogP contribution < -0.4 is 5.32 Å². The molecule has 1 amide bonds. The van der Waals surface area contributed by atoms with Crippen LogP contribution in [-0.4, -0.2) is 33.8 Å². The summed E-state index contributed by atoms with van der Waals surface area (Å²) >= 11 is 0. The Balaban J connectivity index is 2.30. The molecule has 90 valence electrons. The first-order valence-electron chi connectivity index (χ1n) is 5.35. The van der Waals surface area contributed by atoms with Crippen molar-refractivity contribution in [2.24, 2.45) is 0 Å². The average Bonchev–Trinajstić information content (AvgIpc) is 2.69. The first kappa shape index (κ1) is 12.6. The Labute approximate surface area is 94.0 Å². The number of aryl methyl sites for hydroxylation is 2. The largest absolute Gasteiger partial charge is 0.394 e. The molecule has 1 rings (SSSR count). The van der Waals surface area contributed by atoms with Crippen molar-refractivity contribution in [1.29, 1.82) is 0 Å². The van der Waals surface area contributed by atoms with Crippen molar-refractivity contribution in [3.05, 3.63) is 11.7 Å². The molecule has 1 aromatic heterocycles. The summed E-state index contributed by atoms with van der Waals surface area (Å²) < 4.78 is 4.88. The van der Waals surface area contributed by atoms with Crippen molar-refractivity contribution in [3.8, 4) is 0 Å². The van der Waals surface area contributed by atoms with Crippen LogP contribution in [0.5, 0.6) is 0 Å². The Morgan fingerprint density at radius 2 is 2.38 bits per heavy atom. The lowest BCUT2D eigenvalue weighted by atomic mass is 10.2. The van der Waals surface area contributed by atoms with Crippen molar-refractivity contribution < 1.29 is 14.4 Å². The van der Waals surface area contributed by atoms with Gasteiger partial charge in [-0.05, 0) is 13.3 Å². The second-order valence-corrected chi connectivity index (χ2v) is 3.59. The minimum Gasteiger partial charge on any atom is -0.394 e. The molecule has 0 aliphatic carbocycles. The molecule has 6 heteroatoms. The highest BCUT2D eigenvalue weighted by Crippen LogP contribution is 2.00. The average molecular weight is 227 g/mol. The van der Waals surface area contributed by atoms with Crippen molar-refractivity contribution in [2.45, 2.75) is 39.2 Å². The van der Waals surface area contributed by atoms with E-state index in [0.717, 1.165) is 0 Å². The molecule has 1 unspecified atom stereocenters. The third-order valence-corrected chi connectivity index (χ3v) is 2.21. The Morgan fingerprint density at radius 3 is 2.88 bits per heavy atom. The highest BCUT2D eigenvalue weighted by atomic mass is 16.5. The molecule has 0 aliphatic heterocycles. The molecule has 1 heterocycles. The minimum absolute atomic E-state index is 0.0398. The van der Waals surface area contributed by atoms with Gasteiger partial charge in [-0.3, -0.25) is 4.79 Å². The lowest BCUT2D eigenvalue weighted by molar-refractivity contribution is -0.122. The van der Waals surface area contributed by atoms with Crippen LogP contribution in [0.15, 0.2) is 4.52 Å². The number of carbonyl (C=O) groups is 1. The summed E-state index contributed by atoms with van der Waals surface area (Å²) in [5, 5.41) is 15.3. The number of aliphatic hydroxyl groups is 1. The van der Waals surface area contributed by atoms with Crippen LogP contribution in [-0.2, 0) is 11.2 Å². The molecule has 0 aliphatic rings. The van der Waals surface area contributed by atoms with Crippen LogP contribution in [0.3, 0.4) is 0 Å². The van der Waals surface area contributed by atoms with Gasteiger partial charge in [-0.1, -0.05) is 12.1 Å². The normalized spacial score (nSPS) is 12.4. The minimum atomic E-state index is -0.170. The molecule has 1 aromatic rings. The van der Waals surface area contributed by atoms with E-state index in [1.165, 1.54) is 0 Å². The van der Waals surface area contributed by atoms with Crippen LogP contribution in [0.1, 0.15) is 31.5 Å². The number of amides is 1. The van der Waals surface area contributed by atoms with E-state index in [9.17, 15) is 4.79 Å². The summed E-state index contributed by atoms with van der Waals surface area (Å²) in [5.41, 5.74) is 0. The lowest BCUT2D eigenvalue weighted by Gasteiger charge is -2.13. The van der Waals surface area contributed by atoms with Crippen LogP contribution in [0.2, 0.25) is 0 Å². The highest BCUT2D eigenvalue weighted by Gasteiger charge is 2.11. The number of hydrogen-bond donors (Lipinski definition) is 2. The summed E-state index contributed by atoms with van der Waals surface area (Å²) in [6, 6.07) is -0.170. The maximum absolute atomic E-state index is 11.4. The fourth-order valence-corrected chi connectivity index (χ4v) is 1.24. The number of hydrogen-bond acceptors (Lipinski definition) is 5. The Bertz CT molecular complexity index is 334. The van der Waals surface area contributed by atoms with Crippen molar-refractivity contribution in [2.75, 3.05) is 6.61 Å². The van der Waals surface area contributed by atoms with Crippen molar-refractivity contribution in [3.63, 3.8) is 0 Å². The summed E-state index contributed by atoms with van der Waals surface area (Å²) in [4.78, 5) is 15.4. The van der Waals surface area contributed by atoms with E-state index >= 15 is 0 Å². The second kappa shape index (κ2) is 6.22. The predicted molar refractivity (Wildman–Crippen MR) is 56.7 cm³/mol. The fourth-order valence-electron chi connectivity index (χ4n) is 1.24. The van der Waals surface area contributed by atoms with E-state index < -0.39 is 0 Å². The SMILES string of the molecule is CCC(CO)NC(=O)CCc1nc(C)no1. The zero-order chi connectivity index (χ0) is 12.0. The number of aromatic nitrogens is 2. The lowest BCUT2D eigenvalue weighted by Crippen LogP contribution is -2.37. The van der Waals surface area contributed by atoms with Gasteiger partial charge in [-0.2, -0.15) is 4.98 Å². The van der Waals surface area contributed by atoms with E-state index in [1.807, 2.05) is 6.92 Å². The zero-order valence-electron chi connectivity index (χ0n) is 9.56. The first-order chi connectivity index (χ1) is 7.65. The van der Waals surface area contributed by atoms with Gasteiger partial charge in [0, 0.05) is 12.8 Å². The topological polar surface area (TPSA) is 88.2 Å². The summed E-state index contributed by atoms with van der Waals surface area (Å²) in [6.45, 7) is 3.59. The molecular formula is C10H17N3O3. The molecule has 0 radical (unpaired) electrons. The summed E-state index contributed by atoms with van der Waals surface area (Å²) in [5.74, 6) is 0.915. The molecule has 0 saturated heterocycles. The van der Waals surface area contributed by atoms with Gasteiger partial charge in [0.15, 0.2) is 5.82 Å². The van der Waals surface area contributed by atoms with Gasteiger partial charge in [0.2, 0.25) is 11.8 Å².